The Morgan fingerprint density at radius 3 is 2.93 bits per heavy atom. The van der Waals surface area contributed by atoms with Gasteiger partial charge >= 0.3 is 0 Å². The molecule has 0 bridgehead atoms. The Balaban J connectivity index is 1.45. The molecular weight excluding hydrogens is 392 g/mol. The fraction of sp³-hybridized carbons (Fsp3) is 0.0952. The van der Waals surface area contributed by atoms with Crippen LogP contribution in [0.25, 0.3) is 6.08 Å². The molecule has 2 heterocycles. The number of carbonyl (C=O) groups is 2. The van der Waals surface area contributed by atoms with E-state index in [1.807, 2.05) is 6.07 Å². The zero-order valence-corrected chi connectivity index (χ0v) is 16.0. The number of halogens is 1. The van der Waals surface area contributed by atoms with Gasteiger partial charge in [0.2, 0.25) is 0 Å². The molecule has 2 amide bonds. The first kappa shape index (κ1) is 18.8. The largest absolute Gasteiger partial charge is 0.449 e. The van der Waals surface area contributed by atoms with Crippen LogP contribution < -0.4 is 15.4 Å². The average Bonchev–Trinajstić information content (AvgIpc) is 3.22. The first-order valence-electron chi connectivity index (χ1n) is 8.94. The highest BCUT2D eigenvalue weighted by atomic mass is 35.5. The number of fused-ring (bicyclic) bond motifs is 1. The minimum absolute atomic E-state index is 0.150. The lowest BCUT2D eigenvalue weighted by molar-refractivity contribution is -0.115. The number of amides is 2. The summed E-state index contributed by atoms with van der Waals surface area (Å²) in [6, 6.07) is 12.0. The monoisotopic (exact) mass is 408 g/mol. The van der Waals surface area contributed by atoms with E-state index in [4.69, 9.17) is 16.3 Å². The summed E-state index contributed by atoms with van der Waals surface area (Å²) < 4.78 is 5.72. The van der Waals surface area contributed by atoms with E-state index >= 15 is 0 Å². The molecule has 1 aliphatic rings. The van der Waals surface area contributed by atoms with E-state index in [0.717, 1.165) is 11.3 Å². The van der Waals surface area contributed by atoms with E-state index in [1.165, 1.54) is 0 Å². The van der Waals surface area contributed by atoms with Crippen LogP contribution in [0.15, 0.2) is 60.7 Å². The molecule has 3 N–H and O–H groups in total. The van der Waals surface area contributed by atoms with Gasteiger partial charge in [0.05, 0.1) is 12.0 Å². The third-order valence-corrected chi connectivity index (χ3v) is 4.55. The first-order valence-corrected chi connectivity index (χ1v) is 9.32. The van der Waals surface area contributed by atoms with Crippen LogP contribution in [0.5, 0.6) is 5.75 Å². The summed E-state index contributed by atoms with van der Waals surface area (Å²) in [4.78, 5) is 31.7. The van der Waals surface area contributed by atoms with E-state index < -0.39 is 5.91 Å². The summed E-state index contributed by atoms with van der Waals surface area (Å²) in [6.07, 6.45) is 5.57. The Morgan fingerprint density at radius 2 is 2.14 bits per heavy atom. The number of benzene rings is 2. The van der Waals surface area contributed by atoms with Crippen molar-refractivity contribution in [1.82, 2.24) is 15.3 Å². The second-order valence-corrected chi connectivity index (χ2v) is 6.85. The second-order valence-electron chi connectivity index (χ2n) is 6.41. The molecule has 0 atom stereocenters. The van der Waals surface area contributed by atoms with Gasteiger partial charge in [0.1, 0.15) is 0 Å². The van der Waals surface area contributed by atoms with Crippen LogP contribution in [0, 0.1) is 0 Å². The third kappa shape index (κ3) is 4.47. The molecule has 0 saturated heterocycles. The van der Waals surface area contributed by atoms with Crippen LogP contribution in [0.1, 0.15) is 21.6 Å². The number of nitrogens with zero attached hydrogens (tertiary/aromatic N) is 1. The van der Waals surface area contributed by atoms with Gasteiger partial charge in [-0.05, 0) is 42.0 Å². The number of carbonyl (C=O) groups excluding carboxylic acids is 2. The molecule has 0 fully saturated rings. The number of nitrogens with one attached hydrogen (secondary N) is 3. The van der Waals surface area contributed by atoms with Crippen molar-refractivity contribution in [1.29, 1.82) is 0 Å². The van der Waals surface area contributed by atoms with Crippen molar-refractivity contribution in [2.75, 3.05) is 11.9 Å². The normalized spacial score (nSPS) is 14.1. The summed E-state index contributed by atoms with van der Waals surface area (Å²) in [7, 11) is 0. The van der Waals surface area contributed by atoms with Crippen LogP contribution in [0.4, 0.5) is 5.69 Å². The molecule has 29 heavy (non-hydrogen) atoms. The Kier molecular flexibility index (Phi) is 5.31. The third-order valence-electron chi connectivity index (χ3n) is 4.31. The molecule has 7 nitrogen and oxygen atoms in total. The zero-order valence-electron chi connectivity index (χ0n) is 15.2. The van der Waals surface area contributed by atoms with Crippen molar-refractivity contribution >= 4 is 35.2 Å². The van der Waals surface area contributed by atoms with Gasteiger partial charge in [-0.2, -0.15) is 0 Å². The van der Waals surface area contributed by atoms with Gasteiger partial charge in [0.15, 0.2) is 11.5 Å². The maximum absolute atomic E-state index is 12.4. The number of ether oxygens (including phenoxy) is 1. The first-order chi connectivity index (χ1) is 14.1. The number of H-pyrrole nitrogens is 1. The molecule has 0 unspecified atom stereocenters. The number of hydrogen-bond donors (Lipinski definition) is 3. The maximum Gasteiger partial charge on any atom is 0.291 e. The van der Waals surface area contributed by atoms with Crippen LogP contribution in [0.2, 0.25) is 5.02 Å². The fourth-order valence-electron chi connectivity index (χ4n) is 2.88. The van der Waals surface area contributed by atoms with Crippen molar-refractivity contribution in [3.05, 3.63) is 82.6 Å². The number of hydrogen-bond acceptors (Lipinski definition) is 4. The Bertz CT molecular complexity index is 1090. The predicted molar refractivity (Wildman–Crippen MR) is 110 cm³/mol. The number of anilines is 1. The molecule has 1 aliphatic heterocycles. The Labute approximate surface area is 171 Å². The molecule has 2 aromatic carbocycles. The summed E-state index contributed by atoms with van der Waals surface area (Å²) in [6.45, 7) is 0.466. The van der Waals surface area contributed by atoms with Crippen LogP contribution in [0.3, 0.4) is 0 Å². The molecule has 4 rings (SSSR count). The summed E-state index contributed by atoms with van der Waals surface area (Å²) in [5, 5.41) is 6.17. The highest BCUT2D eigenvalue weighted by Gasteiger charge is 2.23. The predicted octanol–water partition coefficient (Wildman–Crippen LogP) is 3.41. The summed E-state index contributed by atoms with van der Waals surface area (Å²) >= 11 is 5.98. The summed E-state index contributed by atoms with van der Waals surface area (Å²) in [5.74, 6) is -0.0143. The second kappa shape index (κ2) is 8.20. The van der Waals surface area contributed by atoms with Crippen LogP contribution in [-0.4, -0.2) is 28.3 Å². The van der Waals surface area contributed by atoms with E-state index in [0.29, 0.717) is 35.0 Å². The van der Waals surface area contributed by atoms with Gasteiger partial charge in [0, 0.05) is 35.4 Å². The van der Waals surface area contributed by atoms with Crippen molar-refractivity contribution < 1.29 is 14.3 Å². The van der Waals surface area contributed by atoms with Crippen molar-refractivity contribution in [2.45, 2.75) is 6.42 Å². The van der Waals surface area contributed by atoms with Gasteiger partial charge in [-0.1, -0.05) is 23.7 Å². The highest BCUT2D eigenvalue weighted by molar-refractivity contribution is 6.30. The molecule has 146 valence electrons. The lowest BCUT2D eigenvalue weighted by Crippen LogP contribution is -2.27. The lowest BCUT2D eigenvalue weighted by Gasteiger charge is -2.20. The van der Waals surface area contributed by atoms with Crippen molar-refractivity contribution in [3.8, 4) is 5.75 Å². The standard InChI is InChI=1S/C21H17ClN4O3/c22-15-3-1-2-13(8-15)9-19-21(28)26-17-10-14(4-5-18(17)29-19)20(27)24-7-6-16-11-23-12-25-16/h1-5,8-12H,6-7H2,(H,23,25)(H,24,27)(H,26,28)/b19-9+. The van der Waals surface area contributed by atoms with Gasteiger partial charge in [-0.25, -0.2) is 4.98 Å². The fourth-order valence-corrected chi connectivity index (χ4v) is 3.08. The van der Waals surface area contributed by atoms with Crippen LogP contribution >= 0.6 is 11.6 Å². The molecule has 1 aromatic heterocycles. The van der Waals surface area contributed by atoms with Gasteiger partial charge < -0.3 is 20.4 Å². The quantitative estimate of drug-likeness (QED) is 0.564. The van der Waals surface area contributed by atoms with E-state index in [9.17, 15) is 9.59 Å². The number of aromatic nitrogens is 2. The van der Waals surface area contributed by atoms with E-state index in [2.05, 4.69) is 20.6 Å². The van der Waals surface area contributed by atoms with Crippen molar-refractivity contribution in [2.24, 2.45) is 0 Å². The molecule has 8 heteroatoms. The molecule has 0 saturated carbocycles. The van der Waals surface area contributed by atoms with Gasteiger partial charge in [-0.15, -0.1) is 0 Å². The smallest absolute Gasteiger partial charge is 0.291 e. The molecular formula is C21H17ClN4O3. The van der Waals surface area contributed by atoms with Gasteiger partial charge in [-0.3, -0.25) is 9.59 Å². The Morgan fingerprint density at radius 1 is 1.24 bits per heavy atom. The molecule has 0 aliphatic carbocycles. The number of imidazole rings is 1. The zero-order chi connectivity index (χ0) is 20.2. The number of rotatable bonds is 5. The minimum Gasteiger partial charge on any atom is -0.449 e. The van der Waals surface area contributed by atoms with E-state index in [1.54, 1.807) is 55.0 Å². The van der Waals surface area contributed by atoms with E-state index in [-0.39, 0.29) is 11.7 Å². The maximum atomic E-state index is 12.4. The lowest BCUT2D eigenvalue weighted by atomic mass is 10.1. The number of aromatic amines is 1. The molecule has 3 aromatic rings. The minimum atomic E-state index is -0.394. The molecule has 0 radical (unpaired) electrons. The van der Waals surface area contributed by atoms with Crippen molar-refractivity contribution in [3.63, 3.8) is 0 Å². The Hall–Kier alpha value is -3.58. The summed E-state index contributed by atoms with van der Waals surface area (Å²) in [5.41, 5.74) is 2.56. The topological polar surface area (TPSA) is 96.1 Å². The highest BCUT2D eigenvalue weighted by Crippen LogP contribution is 2.32. The van der Waals surface area contributed by atoms with Crippen LogP contribution in [-0.2, 0) is 11.2 Å². The SMILES string of the molecule is O=C1Nc2cc(C(=O)NCCc3cnc[nH]3)ccc2O/C1=C/c1cccc(Cl)c1. The average molecular weight is 409 g/mol. The molecule has 0 spiro atoms. The van der Waals surface area contributed by atoms with Gasteiger partial charge in [0.25, 0.3) is 11.8 Å².